The molecule has 1 aliphatic heterocycles. The summed E-state index contributed by atoms with van der Waals surface area (Å²) in [6.07, 6.45) is 8.11. The zero-order valence-electron chi connectivity index (χ0n) is 22.7. The van der Waals surface area contributed by atoms with Crippen LogP contribution >= 0.6 is 8.58 Å². The lowest BCUT2D eigenvalue weighted by Gasteiger charge is -2.30. The van der Waals surface area contributed by atoms with Gasteiger partial charge in [0.25, 0.3) is 0 Å². The smallest absolute Gasteiger partial charge is 0.0284 e. The van der Waals surface area contributed by atoms with Gasteiger partial charge in [-0.05, 0) is 89.2 Å². The number of hydrogen-bond donors (Lipinski definition) is 0. The van der Waals surface area contributed by atoms with Crippen LogP contribution < -0.4 is 10.4 Å². The SMILES string of the molecule is C1=CCPC2C(=C1)C(c1ccc3ccccc3c1)=c1ccccc1=C2c1cccc(-c2cccc3ccccc23)c1. The molecule has 0 bridgehead atoms. The van der Waals surface area contributed by atoms with Gasteiger partial charge < -0.3 is 0 Å². The van der Waals surface area contributed by atoms with Gasteiger partial charge in [0, 0.05) is 5.66 Å². The lowest BCUT2D eigenvalue weighted by Crippen LogP contribution is -2.38. The second-order valence-electron chi connectivity index (χ2n) is 10.9. The highest BCUT2D eigenvalue weighted by Gasteiger charge is 2.29. The minimum atomic E-state index is 0.351. The topological polar surface area (TPSA) is 0 Å². The summed E-state index contributed by atoms with van der Waals surface area (Å²) < 4.78 is 0. The van der Waals surface area contributed by atoms with Crippen LogP contribution in [0.1, 0.15) is 11.1 Å². The molecule has 8 rings (SSSR count). The van der Waals surface area contributed by atoms with Gasteiger partial charge in [-0.15, -0.1) is 8.58 Å². The number of hydrogen-bond acceptors (Lipinski definition) is 0. The maximum absolute atomic E-state index is 2.43. The molecule has 2 unspecified atom stereocenters. The van der Waals surface area contributed by atoms with Crippen molar-refractivity contribution < 1.29 is 0 Å². The van der Waals surface area contributed by atoms with Crippen molar-refractivity contribution in [2.24, 2.45) is 0 Å². The molecule has 0 saturated heterocycles. The van der Waals surface area contributed by atoms with Gasteiger partial charge in [0.05, 0.1) is 0 Å². The third-order valence-electron chi connectivity index (χ3n) is 8.54. The largest absolute Gasteiger partial charge is 0.106 e. The van der Waals surface area contributed by atoms with Gasteiger partial charge in [-0.25, -0.2) is 0 Å². The maximum atomic E-state index is 2.43. The van der Waals surface area contributed by atoms with Crippen molar-refractivity contribution in [1.29, 1.82) is 0 Å². The first-order chi connectivity index (χ1) is 20.3. The Morgan fingerprint density at radius 3 is 2.20 bits per heavy atom. The molecule has 0 nitrogen and oxygen atoms in total. The van der Waals surface area contributed by atoms with E-state index >= 15 is 0 Å². The van der Waals surface area contributed by atoms with Crippen LogP contribution in [0, 0.1) is 0 Å². The molecule has 0 aromatic heterocycles. The van der Waals surface area contributed by atoms with E-state index in [-0.39, 0.29) is 0 Å². The Balaban J connectivity index is 1.41. The van der Waals surface area contributed by atoms with Gasteiger partial charge in [-0.1, -0.05) is 140 Å². The highest BCUT2D eigenvalue weighted by Crippen LogP contribution is 2.44. The third kappa shape index (κ3) is 4.19. The molecule has 6 aromatic carbocycles. The average molecular weight is 541 g/mol. The monoisotopic (exact) mass is 540 g/mol. The van der Waals surface area contributed by atoms with Crippen molar-refractivity contribution in [2.75, 3.05) is 6.16 Å². The van der Waals surface area contributed by atoms with Crippen molar-refractivity contribution in [3.05, 3.63) is 179 Å². The van der Waals surface area contributed by atoms with E-state index in [2.05, 4.69) is 152 Å². The Bertz CT molecular complexity index is 2160. The minimum absolute atomic E-state index is 0.351. The Morgan fingerprint density at radius 2 is 1.27 bits per heavy atom. The van der Waals surface area contributed by atoms with E-state index in [1.807, 2.05) is 0 Å². The first-order valence-corrected chi connectivity index (χ1v) is 15.7. The van der Waals surface area contributed by atoms with Gasteiger partial charge in [0.2, 0.25) is 0 Å². The zero-order valence-corrected chi connectivity index (χ0v) is 23.7. The molecule has 1 heteroatoms. The Kier molecular flexibility index (Phi) is 6.02. The van der Waals surface area contributed by atoms with Crippen LogP contribution in [-0.4, -0.2) is 11.8 Å². The number of fused-ring (bicyclic) bond motifs is 4. The molecule has 0 N–H and O–H groups in total. The van der Waals surface area contributed by atoms with E-state index in [9.17, 15) is 0 Å². The molecule has 0 amide bonds. The average Bonchev–Trinajstić information content (AvgIpc) is 3.29. The number of allylic oxidation sites excluding steroid dienone is 4. The van der Waals surface area contributed by atoms with Crippen molar-refractivity contribution >= 4 is 41.3 Å². The second-order valence-corrected chi connectivity index (χ2v) is 12.3. The predicted octanol–water partition coefficient (Wildman–Crippen LogP) is 8.61. The van der Waals surface area contributed by atoms with Crippen LogP contribution in [0.4, 0.5) is 0 Å². The molecular weight excluding hydrogens is 511 g/mol. The lowest BCUT2D eigenvalue weighted by atomic mass is 9.81. The van der Waals surface area contributed by atoms with Crippen molar-refractivity contribution in [3.8, 4) is 11.1 Å². The highest BCUT2D eigenvalue weighted by atomic mass is 31.1. The zero-order chi connectivity index (χ0) is 27.2. The molecular formula is C40H29P. The first kappa shape index (κ1) is 24.3. The number of rotatable bonds is 3. The van der Waals surface area contributed by atoms with Gasteiger partial charge in [-0.2, -0.15) is 0 Å². The summed E-state index contributed by atoms with van der Waals surface area (Å²) in [5.74, 6) is 0. The number of benzene rings is 6. The van der Waals surface area contributed by atoms with E-state index < -0.39 is 0 Å². The predicted molar refractivity (Wildman–Crippen MR) is 178 cm³/mol. The van der Waals surface area contributed by atoms with Crippen LogP contribution in [0.15, 0.2) is 157 Å². The van der Waals surface area contributed by atoms with Crippen LogP contribution in [0.25, 0.3) is 43.8 Å². The van der Waals surface area contributed by atoms with Crippen molar-refractivity contribution in [1.82, 2.24) is 0 Å². The first-order valence-electron chi connectivity index (χ1n) is 14.4. The molecule has 0 fully saturated rings. The van der Waals surface area contributed by atoms with E-state index in [0.717, 1.165) is 14.7 Å². The lowest BCUT2D eigenvalue weighted by molar-refractivity contribution is 1.23. The quantitative estimate of drug-likeness (QED) is 0.197. The molecule has 2 aliphatic rings. The van der Waals surface area contributed by atoms with E-state index in [1.54, 1.807) is 0 Å². The van der Waals surface area contributed by atoms with Crippen LogP contribution in [0.5, 0.6) is 0 Å². The molecule has 6 aromatic rings. The normalized spacial score (nSPS) is 16.9. The van der Waals surface area contributed by atoms with Crippen molar-refractivity contribution in [2.45, 2.75) is 5.66 Å². The summed E-state index contributed by atoms with van der Waals surface area (Å²) >= 11 is 0. The molecule has 2 atom stereocenters. The standard InChI is InChI=1S/C40H29P/c1-2-13-29-25-32(23-22-27(29)11-1)38-35-18-5-6-19-36(35)39(40-37(38)20-7-8-24-41-40)31-16-9-15-30(26-31)34-21-10-14-28-12-3-4-17-33(28)34/h1-23,25-26,40-41H,24H2. The molecule has 1 heterocycles. The summed E-state index contributed by atoms with van der Waals surface area (Å²) in [5.41, 5.74) is 9.82. The van der Waals surface area contributed by atoms with Crippen LogP contribution in [0.2, 0.25) is 0 Å². The van der Waals surface area contributed by atoms with E-state index in [4.69, 9.17) is 0 Å². The van der Waals surface area contributed by atoms with E-state index in [1.165, 1.54) is 71.0 Å². The molecule has 0 spiro atoms. The summed E-state index contributed by atoms with van der Waals surface area (Å²) in [5, 5.41) is 7.85. The fourth-order valence-electron chi connectivity index (χ4n) is 6.68. The summed E-state index contributed by atoms with van der Waals surface area (Å²) in [4.78, 5) is 0. The Hall–Kier alpha value is -4.51. The van der Waals surface area contributed by atoms with Gasteiger partial charge >= 0.3 is 0 Å². The van der Waals surface area contributed by atoms with Crippen LogP contribution in [0.3, 0.4) is 0 Å². The Morgan fingerprint density at radius 1 is 0.537 bits per heavy atom. The van der Waals surface area contributed by atoms with E-state index in [0.29, 0.717) is 5.66 Å². The molecule has 41 heavy (non-hydrogen) atoms. The van der Waals surface area contributed by atoms with Gasteiger partial charge in [0.15, 0.2) is 0 Å². The second kappa shape index (κ2) is 10.2. The molecule has 1 aliphatic carbocycles. The third-order valence-corrected chi connectivity index (χ3v) is 10.0. The fraction of sp³-hybridized carbons (Fsp3) is 0.0500. The minimum Gasteiger partial charge on any atom is -0.106 e. The van der Waals surface area contributed by atoms with Crippen LogP contribution in [-0.2, 0) is 0 Å². The highest BCUT2D eigenvalue weighted by molar-refractivity contribution is 7.40. The van der Waals surface area contributed by atoms with Crippen molar-refractivity contribution in [3.63, 3.8) is 0 Å². The molecule has 0 saturated carbocycles. The fourth-order valence-corrected chi connectivity index (χ4v) is 8.18. The molecule has 194 valence electrons. The summed E-state index contributed by atoms with van der Waals surface area (Å²) in [7, 11) is 0.789. The van der Waals surface area contributed by atoms with Gasteiger partial charge in [0.1, 0.15) is 0 Å². The summed E-state index contributed by atoms with van der Waals surface area (Å²) in [6.45, 7) is 0. The van der Waals surface area contributed by atoms with Gasteiger partial charge in [-0.3, -0.25) is 0 Å². The molecule has 0 radical (unpaired) electrons. The maximum Gasteiger partial charge on any atom is 0.0284 e. The Labute approximate surface area is 242 Å². The summed E-state index contributed by atoms with van der Waals surface area (Å²) in [6, 6.07) is 49.3.